The minimum atomic E-state index is -3.14. The molecule has 0 fully saturated rings. The van der Waals surface area contributed by atoms with Crippen LogP contribution in [-0.4, -0.2) is 27.8 Å². The summed E-state index contributed by atoms with van der Waals surface area (Å²) >= 11 is 0. The zero-order chi connectivity index (χ0) is 13.8. The van der Waals surface area contributed by atoms with Crippen molar-refractivity contribution in [3.63, 3.8) is 0 Å². The van der Waals surface area contributed by atoms with Crippen molar-refractivity contribution in [3.05, 3.63) is 23.5 Å². The van der Waals surface area contributed by atoms with Crippen LogP contribution in [0.25, 0.3) is 0 Å². The number of anilines is 2. The summed E-state index contributed by atoms with van der Waals surface area (Å²) in [4.78, 5) is 0. The molecule has 0 aliphatic rings. The Hall–Kier alpha value is -1.34. The molecule has 0 aliphatic heterocycles. The second-order valence-electron chi connectivity index (χ2n) is 4.14. The van der Waals surface area contributed by atoms with Gasteiger partial charge in [0, 0.05) is 13.1 Å². The van der Waals surface area contributed by atoms with E-state index < -0.39 is 10.0 Å². The van der Waals surface area contributed by atoms with Gasteiger partial charge >= 0.3 is 0 Å². The van der Waals surface area contributed by atoms with Gasteiger partial charge in [-0.2, -0.15) is 0 Å². The third kappa shape index (κ3) is 4.89. The molecule has 0 saturated heterocycles. The average Bonchev–Trinajstić information content (AvgIpc) is 2.23. The molecule has 4 N–H and O–H groups in total. The summed E-state index contributed by atoms with van der Waals surface area (Å²) < 4.78 is 37.1. The third-order valence-electron chi connectivity index (χ3n) is 2.36. The number of aryl methyl sites for hydroxylation is 1. The molecule has 1 rings (SSSR count). The van der Waals surface area contributed by atoms with Gasteiger partial charge in [-0.1, -0.05) is 0 Å². The Morgan fingerprint density at radius 1 is 1.33 bits per heavy atom. The largest absolute Gasteiger partial charge is 0.397 e. The summed E-state index contributed by atoms with van der Waals surface area (Å²) in [6.45, 7) is 2.56. The van der Waals surface area contributed by atoms with Crippen LogP contribution in [0.2, 0.25) is 0 Å². The van der Waals surface area contributed by atoms with Gasteiger partial charge in [0.05, 0.1) is 17.6 Å². The van der Waals surface area contributed by atoms with Crippen LogP contribution in [0.1, 0.15) is 12.0 Å². The molecule has 0 saturated carbocycles. The summed E-state index contributed by atoms with van der Waals surface area (Å²) in [5.41, 5.74) is 7.18. The van der Waals surface area contributed by atoms with Crippen molar-refractivity contribution in [2.24, 2.45) is 0 Å². The minimum absolute atomic E-state index is 0.336. The van der Waals surface area contributed by atoms with Crippen LogP contribution in [-0.2, 0) is 10.0 Å². The van der Waals surface area contributed by atoms with Gasteiger partial charge in [0.25, 0.3) is 0 Å². The molecule has 0 radical (unpaired) electrons. The van der Waals surface area contributed by atoms with E-state index >= 15 is 0 Å². The maximum Gasteiger partial charge on any atom is 0.208 e. The van der Waals surface area contributed by atoms with Crippen LogP contribution < -0.4 is 15.8 Å². The summed E-state index contributed by atoms with van der Waals surface area (Å²) in [6.07, 6.45) is 1.73. The summed E-state index contributed by atoms with van der Waals surface area (Å²) in [7, 11) is -3.14. The highest BCUT2D eigenvalue weighted by atomic mass is 32.2. The molecular formula is C11H18FN3O2S. The first-order chi connectivity index (χ1) is 8.29. The van der Waals surface area contributed by atoms with Crippen molar-refractivity contribution in [2.75, 3.05) is 30.4 Å². The number of hydrogen-bond acceptors (Lipinski definition) is 4. The van der Waals surface area contributed by atoms with Gasteiger partial charge in [0.2, 0.25) is 10.0 Å². The molecule has 102 valence electrons. The number of nitrogens with two attached hydrogens (primary N) is 1. The molecule has 1 aromatic carbocycles. The Balaban J connectivity index is 2.43. The van der Waals surface area contributed by atoms with Gasteiger partial charge in [-0.25, -0.2) is 17.5 Å². The van der Waals surface area contributed by atoms with Crippen molar-refractivity contribution in [3.8, 4) is 0 Å². The second kappa shape index (κ2) is 6.01. The zero-order valence-electron chi connectivity index (χ0n) is 10.5. The fourth-order valence-electron chi connectivity index (χ4n) is 1.42. The standard InChI is InChI=1S/C11H18FN3O2S/c1-8-6-11(10(13)7-9(8)12)14-4-3-5-15-18(2,16)17/h6-7,14-15H,3-5,13H2,1-2H3. The maximum atomic E-state index is 13.1. The SMILES string of the molecule is Cc1cc(NCCCNS(C)(=O)=O)c(N)cc1F. The zero-order valence-corrected chi connectivity index (χ0v) is 11.3. The number of hydrogen-bond donors (Lipinski definition) is 3. The molecule has 0 atom stereocenters. The van der Waals surface area contributed by atoms with Gasteiger partial charge in [0.15, 0.2) is 0 Å². The van der Waals surface area contributed by atoms with E-state index in [4.69, 9.17) is 5.73 Å². The monoisotopic (exact) mass is 275 g/mol. The molecule has 0 aliphatic carbocycles. The highest BCUT2D eigenvalue weighted by molar-refractivity contribution is 7.88. The molecule has 0 spiro atoms. The van der Waals surface area contributed by atoms with Gasteiger partial charge in [-0.15, -0.1) is 0 Å². The Bertz CT molecular complexity index is 517. The first kappa shape index (κ1) is 14.7. The van der Waals surface area contributed by atoms with Crippen LogP contribution >= 0.6 is 0 Å². The number of rotatable bonds is 6. The van der Waals surface area contributed by atoms with E-state index in [1.807, 2.05) is 0 Å². The van der Waals surface area contributed by atoms with Crippen molar-refractivity contribution in [2.45, 2.75) is 13.3 Å². The lowest BCUT2D eigenvalue weighted by molar-refractivity contribution is 0.586. The number of nitrogens with one attached hydrogen (secondary N) is 2. The Morgan fingerprint density at radius 2 is 2.00 bits per heavy atom. The van der Waals surface area contributed by atoms with E-state index in [1.165, 1.54) is 6.07 Å². The number of benzene rings is 1. The molecule has 7 heteroatoms. The fraction of sp³-hybridized carbons (Fsp3) is 0.455. The third-order valence-corrected chi connectivity index (χ3v) is 3.09. The van der Waals surface area contributed by atoms with E-state index in [-0.39, 0.29) is 5.82 Å². The number of sulfonamides is 1. The molecular weight excluding hydrogens is 257 g/mol. The minimum Gasteiger partial charge on any atom is -0.397 e. The van der Waals surface area contributed by atoms with E-state index in [9.17, 15) is 12.8 Å². The van der Waals surface area contributed by atoms with Crippen LogP contribution in [0.3, 0.4) is 0 Å². The summed E-state index contributed by atoms with van der Waals surface area (Å²) in [5, 5.41) is 3.04. The van der Waals surface area contributed by atoms with Crippen molar-refractivity contribution < 1.29 is 12.8 Å². The molecule has 0 unspecified atom stereocenters. The Kier molecular flexibility index (Phi) is 4.92. The van der Waals surface area contributed by atoms with Crippen LogP contribution in [0.5, 0.6) is 0 Å². The normalized spacial score (nSPS) is 11.5. The fourth-order valence-corrected chi connectivity index (χ4v) is 1.93. The van der Waals surface area contributed by atoms with Crippen molar-refractivity contribution in [1.82, 2.24) is 4.72 Å². The maximum absolute atomic E-state index is 13.1. The van der Waals surface area contributed by atoms with Gasteiger partial charge in [-0.3, -0.25) is 0 Å². The van der Waals surface area contributed by atoms with Crippen LogP contribution in [0, 0.1) is 12.7 Å². The van der Waals surface area contributed by atoms with Crippen LogP contribution in [0.4, 0.5) is 15.8 Å². The van der Waals surface area contributed by atoms with E-state index in [0.717, 1.165) is 6.26 Å². The van der Waals surface area contributed by atoms with Crippen molar-refractivity contribution >= 4 is 21.4 Å². The lowest BCUT2D eigenvalue weighted by Crippen LogP contribution is -2.24. The van der Waals surface area contributed by atoms with Crippen molar-refractivity contribution in [1.29, 1.82) is 0 Å². The first-order valence-corrected chi connectivity index (χ1v) is 7.43. The lowest BCUT2D eigenvalue weighted by atomic mass is 10.2. The predicted molar refractivity (Wildman–Crippen MR) is 71.5 cm³/mol. The van der Waals surface area contributed by atoms with Gasteiger partial charge in [0.1, 0.15) is 5.82 Å². The molecule has 0 bridgehead atoms. The lowest BCUT2D eigenvalue weighted by Gasteiger charge is -2.11. The van der Waals surface area contributed by atoms with E-state index in [2.05, 4.69) is 10.0 Å². The summed E-state index contributed by atoms with van der Waals surface area (Å²) in [6, 6.07) is 2.90. The molecule has 0 aromatic heterocycles. The van der Waals surface area contributed by atoms with Gasteiger partial charge < -0.3 is 11.1 Å². The highest BCUT2D eigenvalue weighted by Gasteiger charge is 2.04. The number of nitrogen functional groups attached to an aromatic ring is 1. The average molecular weight is 275 g/mol. The second-order valence-corrected chi connectivity index (χ2v) is 5.97. The molecule has 0 amide bonds. The highest BCUT2D eigenvalue weighted by Crippen LogP contribution is 2.22. The van der Waals surface area contributed by atoms with Gasteiger partial charge in [-0.05, 0) is 31.0 Å². The molecule has 0 heterocycles. The Morgan fingerprint density at radius 3 is 2.61 bits per heavy atom. The quantitative estimate of drug-likeness (QED) is 0.535. The molecule has 1 aromatic rings. The van der Waals surface area contributed by atoms with E-state index in [0.29, 0.717) is 36.4 Å². The Labute approximate surface area is 107 Å². The molecule has 18 heavy (non-hydrogen) atoms. The molecule has 5 nitrogen and oxygen atoms in total. The van der Waals surface area contributed by atoms with E-state index in [1.54, 1.807) is 13.0 Å². The number of halogens is 1. The smallest absolute Gasteiger partial charge is 0.208 e. The summed E-state index contributed by atoms with van der Waals surface area (Å²) in [5.74, 6) is -0.336. The predicted octanol–water partition coefficient (Wildman–Crippen LogP) is 1.07. The first-order valence-electron chi connectivity index (χ1n) is 5.54. The van der Waals surface area contributed by atoms with Crippen LogP contribution in [0.15, 0.2) is 12.1 Å². The topological polar surface area (TPSA) is 84.2 Å².